The Morgan fingerprint density at radius 1 is 1.29 bits per heavy atom. The van der Waals surface area contributed by atoms with Gasteiger partial charge in [-0.15, -0.1) is 0 Å². The molecule has 0 saturated carbocycles. The van der Waals surface area contributed by atoms with Gasteiger partial charge in [-0.05, 0) is 38.5 Å². The molecule has 0 bridgehead atoms. The van der Waals surface area contributed by atoms with Crippen molar-refractivity contribution in [2.75, 3.05) is 30.8 Å². The second-order valence-electron chi connectivity index (χ2n) is 5.05. The van der Waals surface area contributed by atoms with Gasteiger partial charge in [-0.2, -0.15) is 0 Å². The van der Waals surface area contributed by atoms with E-state index in [9.17, 15) is 0 Å². The average molecular weight is 233 g/mol. The molecule has 1 aliphatic heterocycles. The van der Waals surface area contributed by atoms with Crippen LogP contribution in [0.1, 0.15) is 20.3 Å². The zero-order valence-corrected chi connectivity index (χ0v) is 11.0. The summed E-state index contributed by atoms with van der Waals surface area (Å²) in [4.78, 5) is 2.53. The predicted molar refractivity (Wildman–Crippen MR) is 74.7 cm³/mol. The lowest BCUT2D eigenvalue weighted by molar-refractivity contribution is 0.274. The maximum Gasteiger partial charge on any atom is 0.0400 e. The first kappa shape index (κ1) is 12.2. The van der Waals surface area contributed by atoms with Gasteiger partial charge in [0.05, 0.1) is 0 Å². The van der Waals surface area contributed by atoms with E-state index in [1.165, 1.54) is 18.7 Å². The number of nitrogens with zero attached hydrogens (tertiary/aromatic N) is 1. The van der Waals surface area contributed by atoms with Gasteiger partial charge in [0.2, 0.25) is 0 Å². The molecule has 3 heteroatoms. The van der Waals surface area contributed by atoms with Crippen molar-refractivity contribution < 1.29 is 0 Å². The van der Waals surface area contributed by atoms with E-state index in [2.05, 4.69) is 53.6 Å². The van der Waals surface area contributed by atoms with Gasteiger partial charge in [0.25, 0.3) is 0 Å². The summed E-state index contributed by atoms with van der Waals surface area (Å²) in [6, 6.07) is 9.72. The first-order chi connectivity index (χ1) is 8.19. The Bertz CT molecular complexity index is 362. The minimum atomic E-state index is 0.588. The highest BCUT2D eigenvalue weighted by atomic mass is 15.2. The number of rotatable bonds is 4. The number of likely N-dealkylation sites (tertiary alicyclic amines) is 1. The normalized spacial score (nSPS) is 20.8. The van der Waals surface area contributed by atoms with Crippen molar-refractivity contribution in [2.45, 2.75) is 32.4 Å². The highest BCUT2D eigenvalue weighted by Gasteiger charge is 2.23. The molecule has 1 unspecified atom stereocenters. The molecule has 0 aliphatic carbocycles. The number of hydrogen-bond donors (Lipinski definition) is 2. The molecule has 3 nitrogen and oxygen atoms in total. The number of anilines is 2. The summed E-state index contributed by atoms with van der Waals surface area (Å²) in [6.45, 7) is 6.90. The summed E-state index contributed by atoms with van der Waals surface area (Å²) in [5.41, 5.74) is 2.38. The minimum Gasteiger partial charge on any atom is -0.388 e. The van der Waals surface area contributed by atoms with E-state index in [0.29, 0.717) is 12.1 Å². The van der Waals surface area contributed by atoms with Gasteiger partial charge in [0.1, 0.15) is 0 Å². The molecular formula is C14H23N3. The van der Waals surface area contributed by atoms with Crippen LogP contribution in [0.2, 0.25) is 0 Å². The summed E-state index contributed by atoms with van der Waals surface area (Å²) in [6.07, 6.45) is 1.24. The van der Waals surface area contributed by atoms with Crippen molar-refractivity contribution in [3.63, 3.8) is 0 Å². The van der Waals surface area contributed by atoms with Crippen LogP contribution in [0, 0.1) is 0 Å². The van der Waals surface area contributed by atoms with Gasteiger partial charge in [-0.3, -0.25) is 4.90 Å². The van der Waals surface area contributed by atoms with Crippen LogP contribution < -0.4 is 10.6 Å². The van der Waals surface area contributed by atoms with Crippen LogP contribution >= 0.6 is 0 Å². The maximum absolute atomic E-state index is 3.62. The predicted octanol–water partition coefficient (Wildman–Crippen LogP) is 2.62. The van der Waals surface area contributed by atoms with E-state index >= 15 is 0 Å². The molecule has 1 aromatic carbocycles. The van der Waals surface area contributed by atoms with E-state index in [1.54, 1.807) is 0 Å². The van der Waals surface area contributed by atoms with Crippen LogP contribution in [0.5, 0.6) is 0 Å². The molecular weight excluding hydrogens is 210 g/mol. The lowest BCUT2D eigenvalue weighted by Crippen LogP contribution is -2.31. The first-order valence-corrected chi connectivity index (χ1v) is 6.47. The van der Waals surface area contributed by atoms with Crippen LogP contribution in [-0.4, -0.2) is 37.1 Å². The van der Waals surface area contributed by atoms with E-state index in [4.69, 9.17) is 0 Å². The summed E-state index contributed by atoms with van der Waals surface area (Å²) in [5, 5.41) is 6.79. The number of nitrogens with one attached hydrogen (secondary N) is 2. The van der Waals surface area contributed by atoms with E-state index < -0.39 is 0 Å². The van der Waals surface area contributed by atoms with Gasteiger partial charge in [0.15, 0.2) is 0 Å². The Hall–Kier alpha value is -1.22. The molecule has 17 heavy (non-hydrogen) atoms. The molecule has 1 saturated heterocycles. The second-order valence-corrected chi connectivity index (χ2v) is 5.05. The summed E-state index contributed by atoms with van der Waals surface area (Å²) in [5.74, 6) is 0. The highest BCUT2D eigenvalue weighted by molar-refractivity contribution is 5.56. The molecule has 94 valence electrons. The molecule has 0 radical (unpaired) electrons. The third-order valence-corrected chi connectivity index (χ3v) is 3.47. The van der Waals surface area contributed by atoms with Crippen molar-refractivity contribution in [3.8, 4) is 0 Å². The summed E-state index contributed by atoms with van der Waals surface area (Å²) in [7, 11) is 1.95. The fourth-order valence-electron chi connectivity index (χ4n) is 2.37. The van der Waals surface area contributed by atoms with Crippen molar-refractivity contribution >= 4 is 11.4 Å². The van der Waals surface area contributed by atoms with Crippen molar-refractivity contribution in [1.82, 2.24) is 4.90 Å². The summed E-state index contributed by atoms with van der Waals surface area (Å²) < 4.78 is 0. The quantitative estimate of drug-likeness (QED) is 0.837. The van der Waals surface area contributed by atoms with Crippen molar-refractivity contribution in [1.29, 1.82) is 0 Å². The monoisotopic (exact) mass is 233 g/mol. The first-order valence-electron chi connectivity index (χ1n) is 6.47. The molecule has 0 amide bonds. The Labute approximate surface area is 104 Å². The summed E-state index contributed by atoms with van der Waals surface area (Å²) >= 11 is 0. The van der Waals surface area contributed by atoms with Gasteiger partial charge in [0, 0.05) is 43.6 Å². The minimum absolute atomic E-state index is 0.588. The average Bonchev–Trinajstić information content (AvgIpc) is 2.78. The largest absolute Gasteiger partial charge is 0.388 e. The van der Waals surface area contributed by atoms with Gasteiger partial charge in [-0.1, -0.05) is 6.07 Å². The highest BCUT2D eigenvalue weighted by Crippen LogP contribution is 2.20. The standard InChI is InChI=1S/C14H23N3/c1-11(2)17-8-7-14(10-17)16-13-6-4-5-12(9-13)15-3/h4-6,9,11,14-16H,7-8,10H2,1-3H3. The molecule has 2 rings (SSSR count). The second kappa shape index (κ2) is 5.41. The van der Waals surface area contributed by atoms with Crippen LogP contribution in [0.4, 0.5) is 11.4 Å². The van der Waals surface area contributed by atoms with E-state index in [-0.39, 0.29) is 0 Å². The zero-order valence-electron chi connectivity index (χ0n) is 11.0. The van der Waals surface area contributed by atoms with Crippen LogP contribution in [0.3, 0.4) is 0 Å². The lowest BCUT2D eigenvalue weighted by atomic mass is 10.2. The lowest BCUT2D eigenvalue weighted by Gasteiger charge is -2.21. The number of hydrogen-bond acceptors (Lipinski definition) is 3. The smallest absolute Gasteiger partial charge is 0.0400 e. The molecule has 1 atom stereocenters. The molecule has 2 N–H and O–H groups in total. The van der Waals surface area contributed by atoms with Crippen LogP contribution in [0.25, 0.3) is 0 Å². The van der Waals surface area contributed by atoms with Crippen molar-refractivity contribution in [2.24, 2.45) is 0 Å². The zero-order chi connectivity index (χ0) is 12.3. The fraction of sp³-hybridized carbons (Fsp3) is 0.571. The van der Waals surface area contributed by atoms with Crippen LogP contribution in [0.15, 0.2) is 24.3 Å². The van der Waals surface area contributed by atoms with Gasteiger partial charge in [-0.25, -0.2) is 0 Å². The Morgan fingerprint density at radius 3 is 2.71 bits per heavy atom. The Kier molecular flexibility index (Phi) is 3.89. The van der Waals surface area contributed by atoms with Gasteiger partial charge < -0.3 is 10.6 Å². The molecule has 1 aromatic rings. The fourth-order valence-corrected chi connectivity index (χ4v) is 2.37. The Morgan fingerprint density at radius 2 is 2.06 bits per heavy atom. The molecule has 0 aromatic heterocycles. The molecule has 1 aliphatic rings. The SMILES string of the molecule is CNc1cccc(NC2CCN(C(C)C)C2)c1. The van der Waals surface area contributed by atoms with Crippen LogP contribution in [-0.2, 0) is 0 Å². The topological polar surface area (TPSA) is 27.3 Å². The molecule has 0 spiro atoms. The number of benzene rings is 1. The third kappa shape index (κ3) is 3.13. The van der Waals surface area contributed by atoms with Crippen molar-refractivity contribution in [3.05, 3.63) is 24.3 Å². The van der Waals surface area contributed by atoms with E-state index in [1.807, 2.05) is 7.05 Å². The van der Waals surface area contributed by atoms with E-state index in [0.717, 1.165) is 12.2 Å². The molecule has 1 fully saturated rings. The maximum atomic E-state index is 3.62. The van der Waals surface area contributed by atoms with Gasteiger partial charge >= 0.3 is 0 Å². The third-order valence-electron chi connectivity index (χ3n) is 3.47. The Balaban J connectivity index is 1.93. The molecule has 1 heterocycles.